The smallest absolute Gasteiger partial charge is 0.270 e. The SMILES string of the molecule is COc1ccc(CNC(=O)[C@@H](C(=O)c2cccc([N+](=O)[O-])c2)n2cc(Cl)ccc2=O)cc1. The first-order chi connectivity index (χ1) is 15.3. The van der Waals surface area contributed by atoms with Crippen molar-refractivity contribution in [1.82, 2.24) is 9.88 Å². The van der Waals surface area contributed by atoms with E-state index in [9.17, 15) is 24.5 Å². The molecule has 1 heterocycles. The van der Waals surface area contributed by atoms with E-state index < -0.39 is 28.2 Å². The highest BCUT2D eigenvalue weighted by Gasteiger charge is 2.31. The second-order valence-electron chi connectivity index (χ2n) is 6.73. The van der Waals surface area contributed by atoms with E-state index in [0.29, 0.717) is 5.75 Å². The molecule has 0 aliphatic carbocycles. The summed E-state index contributed by atoms with van der Waals surface area (Å²) in [7, 11) is 1.53. The molecule has 2 aromatic carbocycles. The summed E-state index contributed by atoms with van der Waals surface area (Å²) in [6, 6.07) is 12.7. The Kier molecular flexibility index (Phi) is 7.01. The summed E-state index contributed by atoms with van der Waals surface area (Å²) >= 11 is 5.98. The van der Waals surface area contributed by atoms with E-state index >= 15 is 0 Å². The molecule has 3 rings (SSSR count). The van der Waals surface area contributed by atoms with Crippen LogP contribution in [0.1, 0.15) is 22.0 Å². The van der Waals surface area contributed by atoms with Crippen molar-refractivity contribution in [1.29, 1.82) is 0 Å². The average molecular weight is 456 g/mol. The molecular weight excluding hydrogens is 438 g/mol. The van der Waals surface area contributed by atoms with Gasteiger partial charge in [-0.05, 0) is 23.8 Å². The third kappa shape index (κ3) is 5.19. The number of aromatic nitrogens is 1. The lowest BCUT2D eigenvalue weighted by Gasteiger charge is -2.19. The van der Waals surface area contributed by atoms with Gasteiger partial charge in [-0.25, -0.2) is 0 Å². The number of hydrogen-bond acceptors (Lipinski definition) is 6. The molecule has 1 amide bonds. The number of hydrogen-bond donors (Lipinski definition) is 1. The summed E-state index contributed by atoms with van der Waals surface area (Å²) in [5, 5.41) is 13.9. The van der Waals surface area contributed by atoms with E-state index in [1.54, 1.807) is 24.3 Å². The average Bonchev–Trinajstić information content (AvgIpc) is 2.80. The Morgan fingerprint density at radius 2 is 1.88 bits per heavy atom. The second kappa shape index (κ2) is 9.88. The number of methoxy groups -OCH3 is 1. The number of non-ortho nitro benzene ring substituents is 1. The minimum atomic E-state index is -1.61. The molecule has 0 aliphatic rings. The second-order valence-corrected chi connectivity index (χ2v) is 7.17. The molecule has 0 bridgehead atoms. The van der Waals surface area contributed by atoms with Crippen molar-refractivity contribution in [3.8, 4) is 5.75 Å². The van der Waals surface area contributed by atoms with Gasteiger partial charge in [0.15, 0.2) is 11.8 Å². The maximum Gasteiger partial charge on any atom is 0.270 e. The molecular formula is C22H18ClN3O6. The molecule has 10 heteroatoms. The molecule has 3 aromatic rings. The number of halogens is 1. The summed E-state index contributed by atoms with van der Waals surface area (Å²) in [4.78, 5) is 49.1. The van der Waals surface area contributed by atoms with Crippen LogP contribution in [0.2, 0.25) is 5.02 Å². The molecule has 164 valence electrons. The Morgan fingerprint density at radius 3 is 2.53 bits per heavy atom. The third-order valence-electron chi connectivity index (χ3n) is 4.64. The first-order valence-electron chi connectivity index (χ1n) is 9.37. The van der Waals surface area contributed by atoms with Crippen LogP contribution in [0.3, 0.4) is 0 Å². The van der Waals surface area contributed by atoms with E-state index in [4.69, 9.17) is 16.3 Å². The molecule has 0 saturated carbocycles. The van der Waals surface area contributed by atoms with E-state index in [-0.39, 0.29) is 22.8 Å². The Balaban J connectivity index is 1.94. The van der Waals surface area contributed by atoms with Gasteiger partial charge >= 0.3 is 0 Å². The van der Waals surface area contributed by atoms with E-state index in [1.807, 2.05) is 0 Å². The fourth-order valence-electron chi connectivity index (χ4n) is 3.01. The standard InChI is InChI=1S/C22H18ClN3O6/c1-32-18-8-5-14(6-9-18)12-24-22(29)20(25-13-16(23)7-10-19(25)27)21(28)15-3-2-4-17(11-15)26(30)31/h2-11,13,20H,12H2,1H3,(H,24,29)/t20-/m1/s1. The number of ether oxygens (including phenoxy) is 1. The summed E-state index contributed by atoms with van der Waals surface area (Å²) in [5.74, 6) is -0.906. The molecule has 1 N–H and O–H groups in total. The van der Waals surface area contributed by atoms with Gasteiger partial charge in [0.25, 0.3) is 17.2 Å². The molecule has 0 saturated heterocycles. The van der Waals surface area contributed by atoms with Crippen molar-refractivity contribution < 1.29 is 19.2 Å². The lowest BCUT2D eigenvalue weighted by molar-refractivity contribution is -0.384. The van der Waals surface area contributed by atoms with Gasteiger partial charge in [0.05, 0.1) is 17.1 Å². The molecule has 1 aromatic heterocycles. The van der Waals surface area contributed by atoms with Crippen LogP contribution in [0, 0.1) is 10.1 Å². The number of rotatable bonds is 8. The predicted molar refractivity (Wildman–Crippen MR) is 117 cm³/mol. The quantitative estimate of drug-likeness (QED) is 0.241. The molecule has 0 aliphatic heterocycles. The van der Waals surface area contributed by atoms with Crippen LogP contribution in [-0.2, 0) is 11.3 Å². The Bertz CT molecular complexity index is 1220. The summed E-state index contributed by atoms with van der Waals surface area (Å²) in [6.45, 7) is 0.0802. The number of ketones is 1. The van der Waals surface area contributed by atoms with Gasteiger partial charge in [-0.2, -0.15) is 0 Å². The van der Waals surface area contributed by atoms with Crippen LogP contribution in [0.15, 0.2) is 71.7 Å². The molecule has 0 radical (unpaired) electrons. The fraction of sp³-hybridized carbons (Fsp3) is 0.136. The summed E-state index contributed by atoms with van der Waals surface area (Å²) < 4.78 is 6.00. The maximum atomic E-state index is 13.2. The van der Waals surface area contributed by atoms with Crippen molar-refractivity contribution in [2.24, 2.45) is 0 Å². The topological polar surface area (TPSA) is 121 Å². The van der Waals surface area contributed by atoms with E-state index in [2.05, 4.69) is 5.32 Å². The number of benzene rings is 2. The monoisotopic (exact) mass is 455 g/mol. The predicted octanol–water partition coefficient (Wildman–Crippen LogP) is 3.16. The van der Waals surface area contributed by atoms with Gasteiger partial charge in [0, 0.05) is 36.5 Å². The lowest BCUT2D eigenvalue weighted by Crippen LogP contribution is -2.41. The van der Waals surface area contributed by atoms with Gasteiger partial charge in [-0.1, -0.05) is 35.9 Å². The van der Waals surface area contributed by atoms with Crippen LogP contribution < -0.4 is 15.6 Å². The number of carbonyl (C=O) groups is 2. The van der Waals surface area contributed by atoms with Crippen LogP contribution in [-0.4, -0.2) is 28.3 Å². The molecule has 0 unspecified atom stereocenters. The molecule has 0 fully saturated rings. The number of Topliss-reactive ketones (excluding diaryl/α,β-unsaturated/α-hetero) is 1. The normalized spacial score (nSPS) is 11.4. The molecule has 32 heavy (non-hydrogen) atoms. The molecule has 0 spiro atoms. The number of nitrogens with zero attached hydrogens (tertiary/aromatic N) is 2. The summed E-state index contributed by atoms with van der Waals surface area (Å²) in [6.07, 6.45) is 1.18. The van der Waals surface area contributed by atoms with E-state index in [1.165, 1.54) is 37.6 Å². The maximum absolute atomic E-state index is 13.2. The molecule has 1 atom stereocenters. The highest BCUT2D eigenvalue weighted by molar-refractivity contribution is 6.30. The minimum absolute atomic E-state index is 0.0802. The zero-order valence-corrected chi connectivity index (χ0v) is 17.6. The van der Waals surface area contributed by atoms with Crippen LogP contribution in [0.4, 0.5) is 5.69 Å². The first-order valence-corrected chi connectivity index (χ1v) is 9.75. The van der Waals surface area contributed by atoms with Gasteiger partial charge in [-0.15, -0.1) is 0 Å². The first kappa shape index (κ1) is 22.7. The number of carbonyl (C=O) groups excluding carboxylic acids is 2. The number of amides is 1. The fourth-order valence-corrected chi connectivity index (χ4v) is 3.18. The Morgan fingerprint density at radius 1 is 1.16 bits per heavy atom. The van der Waals surface area contributed by atoms with Crippen LogP contribution in [0.5, 0.6) is 5.75 Å². The van der Waals surface area contributed by atoms with Crippen LogP contribution >= 0.6 is 11.6 Å². The highest BCUT2D eigenvalue weighted by Crippen LogP contribution is 2.20. The number of nitro benzene ring substituents is 1. The van der Waals surface area contributed by atoms with Gasteiger partial charge in [0.1, 0.15) is 5.75 Å². The van der Waals surface area contributed by atoms with Gasteiger partial charge in [0.2, 0.25) is 0 Å². The minimum Gasteiger partial charge on any atom is -0.497 e. The number of nitrogens with one attached hydrogen (secondary N) is 1. The van der Waals surface area contributed by atoms with Gasteiger partial charge < -0.3 is 10.1 Å². The van der Waals surface area contributed by atoms with E-state index in [0.717, 1.165) is 22.3 Å². The van der Waals surface area contributed by atoms with Gasteiger partial charge in [-0.3, -0.25) is 29.1 Å². The largest absolute Gasteiger partial charge is 0.497 e. The lowest BCUT2D eigenvalue weighted by atomic mass is 10.0. The van der Waals surface area contributed by atoms with Crippen molar-refractivity contribution in [3.05, 3.63) is 103 Å². The third-order valence-corrected chi connectivity index (χ3v) is 4.87. The zero-order chi connectivity index (χ0) is 23.3. The highest BCUT2D eigenvalue weighted by atomic mass is 35.5. The van der Waals surface area contributed by atoms with Crippen molar-refractivity contribution in [3.63, 3.8) is 0 Å². The Hall–Kier alpha value is -3.98. The molecule has 9 nitrogen and oxygen atoms in total. The van der Waals surface area contributed by atoms with Crippen molar-refractivity contribution in [2.75, 3.05) is 7.11 Å². The zero-order valence-electron chi connectivity index (χ0n) is 16.9. The van der Waals surface area contributed by atoms with Crippen molar-refractivity contribution in [2.45, 2.75) is 12.6 Å². The van der Waals surface area contributed by atoms with Crippen molar-refractivity contribution >= 4 is 29.0 Å². The Labute approximate surface area is 187 Å². The summed E-state index contributed by atoms with van der Waals surface area (Å²) in [5.41, 5.74) is -0.292. The number of nitro groups is 1. The van der Waals surface area contributed by atoms with Crippen LogP contribution in [0.25, 0.3) is 0 Å². The number of pyridine rings is 1.